The zero-order valence-corrected chi connectivity index (χ0v) is 23.2. The smallest absolute Gasteiger partial charge is 0.478 e. The van der Waals surface area contributed by atoms with Crippen LogP contribution in [-0.2, 0) is 6.54 Å². The van der Waals surface area contributed by atoms with Gasteiger partial charge in [-0.25, -0.2) is 9.78 Å². The first kappa shape index (κ1) is 29.0. The molecule has 0 saturated carbocycles. The van der Waals surface area contributed by atoms with E-state index in [0.29, 0.717) is 33.7 Å². The Morgan fingerprint density at radius 2 is 1.64 bits per heavy atom. The average Bonchev–Trinajstić information content (AvgIpc) is 3.34. The Kier molecular flexibility index (Phi) is 8.38. The molecule has 1 aromatic heterocycles. The van der Waals surface area contributed by atoms with Gasteiger partial charge < -0.3 is 14.4 Å². The Morgan fingerprint density at radius 1 is 0.905 bits per heavy atom. The number of carboxylic acid groups (broad SMARTS) is 1. The molecule has 212 valence electrons. The van der Waals surface area contributed by atoms with Gasteiger partial charge in [0.25, 0.3) is 0 Å². The molecule has 0 amide bonds. The van der Waals surface area contributed by atoms with E-state index in [0.717, 1.165) is 22.3 Å². The van der Waals surface area contributed by atoms with Gasteiger partial charge in [-0.05, 0) is 70.8 Å². The lowest BCUT2D eigenvalue weighted by atomic mass is 10.0. The highest BCUT2D eigenvalue weighted by molar-refractivity contribution is 6.36. The van der Waals surface area contributed by atoms with E-state index >= 15 is 0 Å². The largest absolute Gasteiger partial charge is 0.573 e. The van der Waals surface area contributed by atoms with Gasteiger partial charge in [-0.1, -0.05) is 77.8 Å². The molecule has 42 heavy (non-hydrogen) atoms. The van der Waals surface area contributed by atoms with E-state index in [-0.39, 0.29) is 11.3 Å². The molecule has 0 spiro atoms. The van der Waals surface area contributed by atoms with Gasteiger partial charge in [0.1, 0.15) is 11.6 Å². The highest BCUT2D eigenvalue weighted by Crippen LogP contribution is 2.31. The minimum atomic E-state index is -4.77. The monoisotopic (exact) mass is 608 g/mol. The molecule has 0 atom stereocenters. The summed E-state index contributed by atoms with van der Waals surface area (Å²) in [6.07, 6.45) is 0.753. The van der Waals surface area contributed by atoms with Gasteiger partial charge in [0.05, 0.1) is 16.3 Å². The summed E-state index contributed by atoms with van der Waals surface area (Å²) in [7, 11) is 0. The van der Waals surface area contributed by atoms with Crippen molar-refractivity contribution in [3.63, 3.8) is 0 Å². The van der Waals surface area contributed by atoms with Crippen LogP contribution in [-0.4, -0.2) is 27.0 Å². The molecule has 5 nitrogen and oxygen atoms in total. The number of halogens is 5. The molecule has 10 heteroatoms. The summed E-state index contributed by atoms with van der Waals surface area (Å²) in [5, 5.41) is 10.2. The number of alkyl halides is 3. The number of rotatable bonds is 8. The second-order valence-corrected chi connectivity index (χ2v) is 10.1. The number of nitrogens with zero attached hydrogens (tertiary/aromatic N) is 2. The molecular weight excluding hydrogens is 588 g/mol. The highest BCUT2D eigenvalue weighted by atomic mass is 35.5. The summed E-state index contributed by atoms with van der Waals surface area (Å²) >= 11 is 12.5. The Labute approximate surface area is 249 Å². The molecule has 0 saturated heterocycles. The maximum atomic E-state index is 12.6. The standard InChI is InChI=1S/C32H21Cl2F3N2O3/c33-25-11-14-27(28(34)17-25)29-19-39(18-21-6-12-26(13-7-21)42-32(35,36)37)30(38-29)15-8-20-4-9-22(10-5-20)23-2-1-3-24(16-23)31(40)41/h1-17,19H,18H2,(H,40,41). The molecule has 0 aliphatic carbocycles. The van der Waals surface area contributed by atoms with Crippen LogP contribution in [0.4, 0.5) is 13.2 Å². The van der Waals surface area contributed by atoms with Gasteiger partial charge in [-0.15, -0.1) is 13.2 Å². The van der Waals surface area contributed by atoms with Crippen molar-refractivity contribution in [1.29, 1.82) is 0 Å². The van der Waals surface area contributed by atoms with Gasteiger partial charge in [-0.3, -0.25) is 0 Å². The number of benzene rings is 4. The number of aromatic nitrogens is 2. The van der Waals surface area contributed by atoms with E-state index in [1.807, 2.05) is 53.2 Å². The fraction of sp³-hybridized carbons (Fsp3) is 0.0625. The minimum Gasteiger partial charge on any atom is -0.478 e. The van der Waals surface area contributed by atoms with Crippen LogP contribution in [0, 0.1) is 0 Å². The fourth-order valence-corrected chi connectivity index (χ4v) is 4.80. The van der Waals surface area contributed by atoms with Crippen molar-refractivity contribution in [3.05, 3.63) is 130 Å². The minimum absolute atomic E-state index is 0.211. The maximum absolute atomic E-state index is 12.6. The molecule has 4 aromatic carbocycles. The first-order chi connectivity index (χ1) is 20.0. The lowest BCUT2D eigenvalue weighted by molar-refractivity contribution is -0.274. The van der Waals surface area contributed by atoms with Crippen LogP contribution in [0.15, 0.2) is 97.2 Å². The van der Waals surface area contributed by atoms with Crippen LogP contribution in [0.1, 0.15) is 27.3 Å². The number of aromatic carboxylic acids is 1. The van der Waals surface area contributed by atoms with Crippen molar-refractivity contribution in [2.45, 2.75) is 12.9 Å². The number of ether oxygens (including phenoxy) is 1. The number of imidazole rings is 1. The lowest BCUT2D eigenvalue weighted by Gasteiger charge is -2.10. The van der Waals surface area contributed by atoms with Crippen LogP contribution in [0.25, 0.3) is 34.5 Å². The van der Waals surface area contributed by atoms with Crippen molar-refractivity contribution in [3.8, 4) is 28.1 Å². The van der Waals surface area contributed by atoms with Gasteiger partial charge in [0, 0.05) is 23.3 Å². The second kappa shape index (κ2) is 12.1. The molecule has 1 N–H and O–H groups in total. The molecule has 0 aliphatic rings. The first-order valence-electron chi connectivity index (χ1n) is 12.5. The normalized spacial score (nSPS) is 11.6. The van der Waals surface area contributed by atoms with E-state index in [9.17, 15) is 23.1 Å². The topological polar surface area (TPSA) is 64.3 Å². The number of hydrogen-bond donors (Lipinski definition) is 1. The van der Waals surface area contributed by atoms with Gasteiger partial charge in [0.2, 0.25) is 0 Å². The second-order valence-electron chi connectivity index (χ2n) is 9.27. The SMILES string of the molecule is O=C(O)c1cccc(-c2ccc(C=Cc3nc(-c4ccc(Cl)cc4Cl)cn3Cc3ccc(OC(F)(F)F)cc3)cc2)c1. The summed E-state index contributed by atoms with van der Waals surface area (Å²) in [5.41, 5.74) is 4.76. The van der Waals surface area contributed by atoms with E-state index < -0.39 is 12.3 Å². The van der Waals surface area contributed by atoms with Crippen molar-refractivity contribution in [1.82, 2.24) is 9.55 Å². The molecule has 5 rings (SSSR count). The number of carbonyl (C=O) groups is 1. The summed E-state index contributed by atoms with van der Waals surface area (Å²) in [6.45, 7) is 0.322. The van der Waals surface area contributed by atoms with Crippen molar-refractivity contribution in [2.75, 3.05) is 0 Å². The van der Waals surface area contributed by atoms with E-state index in [1.54, 1.807) is 48.5 Å². The molecule has 0 unspecified atom stereocenters. The highest BCUT2D eigenvalue weighted by Gasteiger charge is 2.31. The zero-order valence-electron chi connectivity index (χ0n) is 21.6. The Balaban J connectivity index is 1.43. The molecule has 5 aromatic rings. The van der Waals surface area contributed by atoms with Gasteiger partial charge in [-0.2, -0.15) is 0 Å². The number of carboxylic acids is 1. The predicted molar refractivity (Wildman–Crippen MR) is 158 cm³/mol. The molecule has 1 heterocycles. The summed E-state index contributed by atoms with van der Waals surface area (Å²) in [6, 6.07) is 25.1. The molecule has 0 bridgehead atoms. The van der Waals surface area contributed by atoms with Crippen LogP contribution >= 0.6 is 23.2 Å². The third-order valence-electron chi connectivity index (χ3n) is 6.30. The number of hydrogen-bond acceptors (Lipinski definition) is 3. The summed E-state index contributed by atoms with van der Waals surface area (Å²) in [5.74, 6) is -0.703. The van der Waals surface area contributed by atoms with Gasteiger partial charge >= 0.3 is 12.3 Å². The van der Waals surface area contributed by atoms with Crippen molar-refractivity contribution >= 4 is 41.3 Å². The van der Waals surface area contributed by atoms with Crippen LogP contribution in [0.5, 0.6) is 5.75 Å². The Hall–Kier alpha value is -4.53. The fourth-order valence-electron chi connectivity index (χ4n) is 4.30. The third-order valence-corrected chi connectivity index (χ3v) is 6.85. The third kappa shape index (κ3) is 7.21. The van der Waals surface area contributed by atoms with E-state index in [4.69, 9.17) is 28.2 Å². The maximum Gasteiger partial charge on any atom is 0.573 e. The Bertz CT molecular complexity index is 1760. The van der Waals surface area contributed by atoms with E-state index in [2.05, 4.69) is 4.74 Å². The first-order valence-corrected chi connectivity index (χ1v) is 13.3. The lowest BCUT2D eigenvalue weighted by Crippen LogP contribution is -2.17. The van der Waals surface area contributed by atoms with Crippen LogP contribution < -0.4 is 4.74 Å². The average molecular weight is 609 g/mol. The zero-order chi connectivity index (χ0) is 29.9. The van der Waals surface area contributed by atoms with E-state index in [1.165, 1.54) is 12.1 Å². The summed E-state index contributed by atoms with van der Waals surface area (Å²) in [4.78, 5) is 16.1. The van der Waals surface area contributed by atoms with Gasteiger partial charge in [0.15, 0.2) is 0 Å². The Morgan fingerprint density at radius 3 is 2.31 bits per heavy atom. The van der Waals surface area contributed by atoms with Crippen molar-refractivity contribution < 1.29 is 27.8 Å². The quantitative estimate of drug-likeness (QED) is 0.191. The predicted octanol–water partition coefficient (Wildman–Crippen LogP) is 9.34. The summed E-state index contributed by atoms with van der Waals surface area (Å²) < 4.78 is 43.5. The van der Waals surface area contributed by atoms with Crippen molar-refractivity contribution in [2.24, 2.45) is 0 Å². The molecule has 0 radical (unpaired) electrons. The molecule has 0 aliphatic heterocycles. The molecule has 0 fully saturated rings. The molecular formula is C32H21Cl2F3N2O3. The van der Waals surface area contributed by atoms with Crippen LogP contribution in [0.2, 0.25) is 10.0 Å². The van der Waals surface area contributed by atoms with Crippen LogP contribution in [0.3, 0.4) is 0 Å².